The maximum atomic E-state index is 10.1. The van der Waals surface area contributed by atoms with Gasteiger partial charge in [-0.2, -0.15) is 11.8 Å². The van der Waals surface area contributed by atoms with Crippen LogP contribution in [0.4, 0.5) is 0 Å². The minimum absolute atomic E-state index is 0.233. The number of carboxylic acids is 1. The summed E-state index contributed by atoms with van der Waals surface area (Å²) >= 11 is 4.47. The van der Waals surface area contributed by atoms with Crippen LogP contribution >= 0.6 is 27.7 Å². The summed E-state index contributed by atoms with van der Waals surface area (Å²) in [6.07, 6.45) is 3.53. The van der Waals surface area contributed by atoms with Crippen LogP contribution in [0.3, 0.4) is 0 Å². The van der Waals surface area contributed by atoms with E-state index in [1.807, 2.05) is 6.26 Å². The molecule has 0 spiro atoms. The van der Waals surface area contributed by atoms with E-state index in [1.165, 1.54) is 0 Å². The lowest BCUT2D eigenvalue weighted by atomic mass is 10.5. The van der Waals surface area contributed by atoms with Crippen molar-refractivity contribution < 1.29 is 9.90 Å². The van der Waals surface area contributed by atoms with E-state index >= 15 is 0 Å². The average molecular weight is 211 g/mol. The van der Waals surface area contributed by atoms with Crippen molar-refractivity contribution in [3.8, 4) is 0 Å². The summed E-state index contributed by atoms with van der Waals surface area (Å²) in [7, 11) is 0. The smallest absolute Gasteiger partial charge is 0.342 e. The van der Waals surface area contributed by atoms with Gasteiger partial charge in [-0.25, -0.2) is 4.79 Å². The number of hydrogen-bond acceptors (Lipinski definition) is 2. The van der Waals surface area contributed by atoms with E-state index in [0.29, 0.717) is 0 Å². The topological polar surface area (TPSA) is 37.3 Å². The Kier molecular flexibility index (Phi) is 4.90. The number of aliphatic carboxylic acids is 1. The van der Waals surface area contributed by atoms with Crippen molar-refractivity contribution >= 4 is 33.7 Å². The average Bonchev–Trinajstić information content (AvgIpc) is 1.82. The molecule has 0 bridgehead atoms. The molecular formula is C5H7BrO2S. The van der Waals surface area contributed by atoms with Gasteiger partial charge >= 0.3 is 5.97 Å². The highest BCUT2D eigenvalue weighted by atomic mass is 79.9. The zero-order valence-electron chi connectivity index (χ0n) is 4.93. The van der Waals surface area contributed by atoms with Crippen molar-refractivity contribution in [2.45, 2.75) is 0 Å². The highest BCUT2D eigenvalue weighted by Gasteiger charge is 1.98. The van der Waals surface area contributed by atoms with E-state index in [-0.39, 0.29) is 4.48 Å². The van der Waals surface area contributed by atoms with Gasteiger partial charge in [0.15, 0.2) is 0 Å². The molecular weight excluding hydrogens is 204 g/mol. The monoisotopic (exact) mass is 210 g/mol. The molecule has 0 amide bonds. The fourth-order valence-corrected chi connectivity index (χ4v) is 0.953. The quantitative estimate of drug-likeness (QED) is 0.722. The molecule has 0 heterocycles. The van der Waals surface area contributed by atoms with Crippen LogP contribution in [0.5, 0.6) is 0 Å². The predicted molar refractivity (Wildman–Crippen MR) is 43.0 cm³/mol. The number of hydrogen-bond donors (Lipinski definition) is 1. The van der Waals surface area contributed by atoms with Gasteiger partial charge in [-0.3, -0.25) is 0 Å². The molecule has 0 fully saturated rings. The second-order valence-corrected chi connectivity index (χ2v) is 3.08. The second-order valence-electron chi connectivity index (χ2n) is 1.31. The molecule has 0 aliphatic heterocycles. The van der Waals surface area contributed by atoms with Gasteiger partial charge in [-0.05, 0) is 22.2 Å². The minimum atomic E-state index is -0.913. The van der Waals surface area contributed by atoms with Gasteiger partial charge in [0.2, 0.25) is 0 Å². The third-order valence-corrected chi connectivity index (χ3v) is 1.80. The van der Waals surface area contributed by atoms with Crippen LogP contribution in [0.25, 0.3) is 0 Å². The van der Waals surface area contributed by atoms with Gasteiger partial charge in [0, 0.05) is 5.75 Å². The summed E-state index contributed by atoms with van der Waals surface area (Å²) in [5, 5.41) is 8.28. The molecule has 0 saturated heterocycles. The molecule has 0 rings (SSSR count). The third kappa shape index (κ3) is 4.54. The lowest BCUT2D eigenvalue weighted by Crippen LogP contribution is -1.93. The van der Waals surface area contributed by atoms with Crippen molar-refractivity contribution in [2.75, 3.05) is 12.0 Å². The first kappa shape index (κ1) is 9.04. The molecule has 0 aliphatic rings. The van der Waals surface area contributed by atoms with Gasteiger partial charge in [-0.1, -0.05) is 6.08 Å². The van der Waals surface area contributed by atoms with Crippen LogP contribution in [-0.2, 0) is 4.79 Å². The van der Waals surface area contributed by atoms with Crippen molar-refractivity contribution in [3.63, 3.8) is 0 Å². The summed E-state index contributed by atoms with van der Waals surface area (Å²) in [6.45, 7) is 0. The molecule has 0 aliphatic carbocycles. The summed E-state index contributed by atoms with van der Waals surface area (Å²) < 4.78 is 0.233. The van der Waals surface area contributed by atoms with Crippen molar-refractivity contribution in [2.24, 2.45) is 0 Å². The number of rotatable bonds is 3. The summed E-state index contributed by atoms with van der Waals surface area (Å²) in [4.78, 5) is 10.1. The Balaban J connectivity index is 3.69. The van der Waals surface area contributed by atoms with Crippen LogP contribution in [0, 0.1) is 0 Å². The Morgan fingerprint density at radius 2 is 2.44 bits per heavy atom. The summed E-state index contributed by atoms with van der Waals surface area (Å²) in [6, 6.07) is 0. The Morgan fingerprint density at radius 1 is 1.89 bits per heavy atom. The van der Waals surface area contributed by atoms with E-state index in [9.17, 15) is 4.79 Å². The van der Waals surface area contributed by atoms with Gasteiger partial charge in [-0.15, -0.1) is 0 Å². The van der Waals surface area contributed by atoms with Crippen molar-refractivity contribution in [1.29, 1.82) is 0 Å². The summed E-state index contributed by atoms with van der Waals surface area (Å²) in [5.41, 5.74) is 0. The molecule has 1 N–H and O–H groups in total. The van der Waals surface area contributed by atoms with E-state index in [0.717, 1.165) is 5.75 Å². The van der Waals surface area contributed by atoms with Crippen LogP contribution < -0.4 is 0 Å². The first-order valence-corrected chi connectivity index (χ1v) is 4.45. The fraction of sp³-hybridized carbons (Fsp3) is 0.400. The number of carboxylic acid groups (broad SMARTS) is 1. The zero-order chi connectivity index (χ0) is 7.28. The molecule has 0 aromatic heterocycles. The molecule has 4 heteroatoms. The highest BCUT2D eigenvalue weighted by Crippen LogP contribution is 2.05. The van der Waals surface area contributed by atoms with Gasteiger partial charge in [0.25, 0.3) is 0 Å². The Labute approximate surface area is 66.5 Å². The lowest BCUT2D eigenvalue weighted by Gasteiger charge is -1.87. The molecule has 9 heavy (non-hydrogen) atoms. The minimum Gasteiger partial charge on any atom is -0.477 e. The van der Waals surface area contributed by atoms with E-state index < -0.39 is 5.97 Å². The number of carbonyl (C=O) groups is 1. The molecule has 0 radical (unpaired) electrons. The largest absolute Gasteiger partial charge is 0.477 e. The Hall–Kier alpha value is 0.0400. The van der Waals surface area contributed by atoms with Crippen LogP contribution in [-0.4, -0.2) is 23.1 Å². The van der Waals surface area contributed by atoms with E-state index in [2.05, 4.69) is 15.9 Å². The van der Waals surface area contributed by atoms with Crippen LogP contribution in [0.15, 0.2) is 10.6 Å². The maximum absolute atomic E-state index is 10.1. The first-order chi connectivity index (χ1) is 4.18. The fourth-order valence-electron chi connectivity index (χ4n) is 0.244. The Morgan fingerprint density at radius 3 is 2.78 bits per heavy atom. The summed E-state index contributed by atoms with van der Waals surface area (Å²) in [5.74, 6) is -0.184. The Bertz CT molecular complexity index is 133. The molecule has 0 saturated carbocycles. The second kappa shape index (κ2) is 4.88. The molecule has 0 aromatic carbocycles. The van der Waals surface area contributed by atoms with Crippen LogP contribution in [0.2, 0.25) is 0 Å². The first-order valence-electron chi connectivity index (χ1n) is 2.26. The van der Waals surface area contributed by atoms with E-state index in [1.54, 1.807) is 17.8 Å². The number of thioether (sulfide) groups is 1. The zero-order valence-corrected chi connectivity index (χ0v) is 7.33. The molecule has 0 aromatic rings. The van der Waals surface area contributed by atoms with Gasteiger partial charge in [0.05, 0.1) is 4.48 Å². The third-order valence-electron chi connectivity index (χ3n) is 0.634. The predicted octanol–water partition coefficient (Wildman–Crippen LogP) is 1.71. The lowest BCUT2D eigenvalue weighted by molar-refractivity contribution is -0.131. The normalized spacial score (nSPS) is 11.6. The molecule has 0 atom stereocenters. The number of halogens is 1. The molecule has 0 unspecified atom stereocenters. The van der Waals surface area contributed by atoms with Crippen molar-refractivity contribution in [1.82, 2.24) is 0 Å². The standard InChI is InChI=1S/C5H7BrO2S/c1-9-3-2-4(6)5(7)8/h2H,3H2,1H3,(H,7,8)/b4-2-. The maximum Gasteiger partial charge on any atom is 0.342 e. The molecule has 52 valence electrons. The van der Waals surface area contributed by atoms with Gasteiger partial charge in [0.1, 0.15) is 0 Å². The van der Waals surface area contributed by atoms with Crippen LogP contribution in [0.1, 0.15) is 0 Å². The SMILES string of the molecule is CSC/C=C(\Br)C(=O)O. The van der Waals surface area contributed by atoms with Crippen molar-refractivity contribution in [3.05, 3.63) is 10.6 Å². The highest BCUT2D eigenvalue weighted by molar-refractivity contribution is 9.12. The van der Waals surface area contributed by atoms with E-state index in [4.69, 9.17) is 5.11 Å². The molecule has 2 nitrogen and oxygen atoms in total. The van der Waals surface area contributed by atoms with Gasteiger partial charge < -0.3 is 5.11 Å².